The maximum absolute atomic E-state index is 4.55. The molecule has 0 saturated carbocycles. The van der Waals surface area contributed by atoms with E-state index in [1.807, 2.05) is 17.5 Å². The van der Waals surface area contributed by atoms with Crippen LogP contribution in [0.25, 0.3) is 10.2 Å². The molecule has 0 spiro atoms. The predicted octanol–water partition coefficient (Wildman–Crippen LogP) is 4.37. The van der Waals surface area contributed by atoms with Crippen molar-refractivity contribution >= 4 is 32.9 Å². The summed E-state index contributed by atoms with van der Waals surface area (Å²) in [6, 6.07) is 8.98. The van der Waals surface area contributed by atoms with Crippen LogP contribution in [0.15, 0.2) is 35.8 Å². The summed E-state index contributed by atoms with van der Waals surface area (Å²) >= 11 is 3.60. The Bertz CT molecular complexity index is 684. The molecule has 1 unspecified atom stereocenters. The van der Waals surface area contributed by atoms with Gasteiger partial charge >= 0.3 is 0 Å². The molecule has 4 heteroatoms. The molecule has 0 aliphatic rings. The van der Waals surface area contributed by atoms with Gasteiger partial charge in [-0.3, -0.25) is 4.98 Å². The number of nitrogens with one attached hydrogen (secondary N) is 1. The molecule has 0 radical (unpaired) electrons. The van der Waals surface area contributed by atoms with Crippen molar-refractivity contribution in [1.82, 2.24) is 10.3 Å². The molecule has 0 fully saturated rings. The van der Waals surface area contributed by atoms with E-state index in [-0.39, 0.29) is 6.04 Å². The first-order valence-electron chi connectivity index (χ1n) is 6.41. The van der Waals surface area contributed by atoms with Gasteiger partial charge in [-0.25, -0.2) is 0 Å². The van der Waals surface area contributed by atoms with Crippen molar-refractivity contribution in [2.24, 2.45) is 0 Å². The quantitative estimate of drug-likeness (QED) is 0.771. The van der Waals surface area contributed by atoms with Crippen LogP contribution in [0.2, 0.25) is 0 Å². The first-order chi connectivity index (χ1) is 9.28. The summed E-state index contributed by atoms with van der Waals surface area (Å²) in [4.78, 5) is 7.26. The summed E-state index contributed by atoms with van der Waals surface area (Å²) < 4.78 is 1.26. The SMILES string of the molecule is CCNC(c1cnc2ccsc2c1)c1ccc(C)s1. The van der Waals surface area contributed by atoms with Gasteiger partial charge in [0, 0.05) is 16.0 Å². The molecule has 19 heavy (non-hydrogen) atoms. The zero-order chi connectivity index (χ0) is 13.2. The summed E-state index contributed by atoms with van der Waals surface area (Å²) in [5, 5.41) is 5.66. The van der Waals surface area contributed by atoms with Gasteiger partial charge in [0.05, 0.1) is 16.3 Å². The topological polar surface area (TPSA) is 24.9 Å². The number of thiophene rings is 2. The minimum Gasteiger partial charge on any atom is -0.306 e. The lowest BCUT2D eigenvalue weighted by atomic mass is 10.1. The molecule has 1 atom stereocenters. The third kappa shape index (κ3) is 2.56. The molecule has 3 aromatic rings. The van der Waals surface area contributed by atoms with Crippen LogP contribution in [0.5, 0.6) is 0 Å². The summed E-state index contributed by atoms with van der Waals surface area (Å²) in [6.07, 6.45) is 2.00. The fourth-order valence-electron chi connectivity index (χ4n) is 2.21. The van der Waals surface area contributed by atoms with Crippen molar-refractivity contribution in [3.05, 3.63) is 51.2 Å². The number of aromatic nitrogens is 1. The molecule has 3 rings (SSSR count). The molecular weight excluding hydrogens is 272 g/mol. The summed E-state index contributed by atoms with van der Waals surface area (Å²) in [5.41, 5.74) is 2.34. The van der Waals surface area contributed by atoms with Crippen molar-refractivity contribution in [3.8, 4) is 0 Å². The molecule has 0 aliphatic heterocycles. The lowest BCUT2D eigenvalue weighted by molar-refractivity contribution is 0.638. The predicted molar refractivity (Wildman–Crippen MR) is 84.2 cm³/mol. The van der Waals surface area contributed by atoms with Crippen LogP contribution in [0, 0.1) is 6.92 Å². The molecule has 98 valence electrons. The van der Waals surface area contributed by atoms with Gasteiger partial charge in [0.2, 0.25) is 0 Å². The van der Waals surface area contributed by atoms with Gasteiger partial charge in [-0.1, -0.05) is 6.92 Å². The van der Waals surface area contributed by atoms with Crippen LogP contribution < -0.4 is 5.32 Å². The second-order valence-corrected chi connectivity index (χ2v) is 6.78. The zero-order valence-electron chi connectivity index (χ0n) is 11.0. The smallest absolute Gasteiger partial charge is 0.0809 e. The molecule has 0 amide bonds. The average Bonchev–Trinajstić information content (AvgIpc) is 3.03. The molecule has 0 bridgehead atoms. The number of rotatable bonds is 4. The van der Waals surface area contributed by atoms with Crippen LogP contribution in [-0.4, -0.2) is 11.5 Å². The van der Waals surface area contributed by atoms with E-state index in [0.717, 1.165) is 12.1 Å². The number of pyridine rings is 1. The molecule has 0 aliphatic carbocycles. The second-order valence-electron chi connectivity index (χ2n) is 4.51. The van der Waals surface area contributed by atoms with E-state index in [9.17, 15) is 0 Å². The third-order valence-electron chi connectivity index (χ3n) is 3.11. The monoisotopic (exact) mass is 288 g/mol. The maximum Gasteiger partial charge on any atom is 0.0809 e. The normalized spacial score (nSPS) is 12.9. The van der Waals surface area contributed by atoms with Gasteiger partial charge in [-0.15, -0.1) is 22.7 Å². The second kappa shape index (κ2) is 5.41. The highest BCUT2D eigenvalue weighted by atomic mass is 32.1. The first kappa shape index (κ1) is 12.8. The fourth-order valence-corrected chi connectivity index (χ4v) is 3.99. The molecule has 1 N–H and O–H groups in total. The lowest BCUT2D eigenvalue weighted by Gasteiger charge is -2.16. The first-order valence-corrected chi connectivity index (χ1v) is 8.10. The van der Waals surface area contributed by atoms with Crippen LogP contribution >= 0.6 is 22.7 Å². The van der Waals surface area contributed by atoms with Gasteiger partial charge in [0.25, 0.3) is 0 Å². The van der Waals surface area contributed by atoms with E-state index >= 15 is 0 Å². The van der Waals surface area contributed by atoms with E-state index in [2.05, 4.69) is 53.8 Å². The Balaban J connectivity index is 2.03. The number of hydrogen-bond donors (Lipinski definition) is 1. The Hall–Kier alpha value is -1.23. The van der Waals surface area contributed by atoms with Crippen molar-refractivity contribution in [2.45, 2.75) is 19.9 Å². The highest BCUT2D eigenvalue weighted by Crippen LogP contribution is 2.30. The van der Waals surface area contributed by atoms with E-state index < -0.39 is 0 Å². The molecule has 0 saturated heterocycles. The highest BCUT2D eigenvalue weighted by Gasteiger charge is 2.15. The summed E-state index contributed by atoms with van der Waals surface area (Å²) in [5.74, 6) is 0. The van der Waals surface area contributed by atoms with Crippen molar-refractivity contribution in [3.63, 3.8) is 0 Å². The minimum absolute atomic E-state index is 0.252. The van der Waals surface area contributed by atoms with Gasteiger partial charge in [-0.2, -0.15) is 0 Å². The fraction of sp³-hybridized carbons (Fsp3) is 0.267. The van der Waals surface area contributed by atoms with Gasteiger partial charge in [0.1, 0.15) is 0 Å². The molecule has 3 aromatic heterocycles. The Morgan fingerprint density at radius 3 is 2.95 bits per heavy atom. The largest absolute Gasteiger partial charge is 0.306 e. The van der Waals surface area contributed by atoms with E-state index in [1.165, 1.54) is 20.0 Å². The van der Waals surface area contributed by atoms with Crippen LogP contribution in [-0.2, 0) is 0 Å². The lowest BCUT2D eigenvalue weighted by Crippen LogP contribution is -2.21. The maximum atomic E-state index is 4.55. The molecular formula is C15H16N2S2. The van der Waals surface area contributed by atoms with Gasteiger partial charge in [0.15, 0.2) is 0 Å². The van der Waals surface area contributed by atoms with Crippen molar-refractivity contribution < 1.29 is 0 Å². The van der Waals surface area contributed by atoms with E-state index in [0.29, 0.717) is 0 Å². The van der Waals surface area contributed by atoms with Crippen molar-refractivity contribution in [2.75, 3.05) is 6.54 Å². The molecule has 0 aromatic carbocycles. The van der Waals surface area contributed by atoms with Crippen molar-refractivity contribution in [1.29, 1.82) is 0 Å². The third-order valence-corrected chi connectivity index (χ3v) is 5.03. The number of hydrogen-bond acceptors (Lipinski definition) is 4. The number of fused-ring (bicyclic) bond motifs is 1. The summed E-state index contributed by atoms with van der Waals surface area (Å²) in [6.45, 7) is 5.24. The standard InChI is InChI=1S/C15H16N2S2/c1-3-16-15(13-5-4-10(2)19-13)11-8-14-12(17-9-11)6-7-18-14/h4-9,15-16H,3H2,1-2H3. The Morgan fingerprint density at radius 1 is 1.32 bits per heavy atom. The van der Waals surface area contributed by atoms with Crippen LogP contribution in [0.1, 0.15) is 28.3 Å². The summed E-state index contributed by atoms with van der Waals surface area (Å²) in [7, 11) is 0. The Morgan fingerprint density at radius 2 is 2.21 bits per heavy atom. The molecule has 2 nitrogen and oxygen atoms in total. The van der Waals surface area contributed by atoms with Gasteiger partial charge < -0.3 is 5.32 Å². The average molecular weight is 288 g/mol. The minimum atomic E-state index is 0.252. The van der Waals surface area contributed by atoms with E-state index in [4.69, 9.17) is 0 Å². The van der Waals surface area contributed by atoms with Crippen LogP contribution in [0.4, 0.5) is 0 Å². The zero-order valence-corrected chi connectivity index (χ0v) is 12.6. The number of nitrogens with zero attached hydrogens (tertiary/aromatic N) is 1. The molecule has 3 heterocycles. The Labute approximate surface area is 121 Å². The Kier molecular flexibility index (Phi) is 3.64. The van der Waals surface area contributed by atoms with E-state index in [1.54, 1.807) is 11.3 Å². The van der Waals surface area contributed by atoms with Crippen LogP contribution in [0.3, 0.4) is 0 Å². The highest BCUT2D eigenvalue weighted by molar-refractivity contribution is 7.17. The number of aryl methyl sites for hydroxylation is 1. The van der Waals surface area contributed by atoms with Gasteiger partial charge in [-0.05, 0) is 48.7 Å².